The van der Waals surface area contributed by atoms with Crippen molar-refractivity contribution >= 4 is 0 Å². The summed E-state index contributed by atoms with van der Waals surface area (Å²) in [4.78, 5) is 2.79. The van der Waals surface area contributed by atoms with Gasteiger partial charge in [0.2, 0.25) is 0 Å². The molecule has 0 radical (unpaired) electrons. The molecule has 1 nitrogen and oxygen atoms in total. The highest BCUT2D eigenvalue weighted by Gasteiger charge is 2.40. The molecule has 1 fully saturated rings. The van der Waals surface area contributed by atoms with E-state index in [4.69, 9.17) is 0 Å². The number of nitrogens with zero attached hydrogens (tertiary/aromatic N) is 1. The normalized spacial score (nSPS) is 27.9. The fourth-order valence-electron chi connectivity index (χ4n) is 3.95. The monoisotopic (exact) mass is 291 g/mol. The lowest BCUT2D eigenvalue weighted by Crippen LogP contribution is -2.34. The SMILES string of the molecule is C/C=C(/C)C1C(CC/C=C/C)C(CC)CN1CCCCC. The summed E-state index contributed by atoms with van der Waals surface area (Å²) in [7, 11) is 0. The number of unbranched alkanes of at least 4 members (excludes halogenated alkanes) is 2. The van der Waals surface area contributed by atoms with Gasteiger partial charge in [0, 0.05) is 12.6 Å². The van der Waals surface area contributed by atoms with Crippen LogP contribution < -0.4 is 0 Å². The number of allylic oxidation sites excluding steroid dienone is 3. The second-order valence-electron chi connectivity index (χ2n) is 6.66. The summed E-state index contributed by atoms with van der Waals surface area (Å²) in [5.74, 6) is 1.74. The molecule has 1 heteroatoms. The largest absolute Gasteiger partial charge is 0.296 e. The molecule has 1 heterocycles. The van der Waals surface area contributed by atoms with E-state index in [1.807, 2.05) is 0 Å². The third kappa shape index (κ3) is 5.29. The predicted molar refractivity (Wildman–Crippen MR) is 95.6 cm³/mol. The molecule has 3 atom stereocenters. The second kappa shape index (κ2) is 10.2. The number of likely N-dealkylation sites (tertiary alicyclic amines) is 1. The fraction of sp³-hybridized carbons (Fsp3) is 0.800. The maximum Gasteiger partial charge on any atom is 0.0336 e. The lowest BCUT2D eigenvalue weighted by atomic mass is 9.82. The van der Waals surface area contributed by atoms with Crippen LogP contribution in [-0.2, 0) is 0 Å². The molecule has 21 heavy (non-hydrogen) atoms. The molecule has 0 amide bonds. The topological polar surface area (TPSA) is 3.24 Å². The van der Waals surface area contributed by atoms with Crippen LogP contribution in [-0.4, -0.2) is 24.0 Å². The fourth-order valence-corrected chi connectivity index (χ4v) is 3.95. The van der Waals surface area contributed by atoms with Gasteiger partial charge >= 0.3 is 0 Å². The molecule has 0 bridgehead atoms. The highest BCUT2D eigenvalue weighted by Crippen LogP contribution is 2.38. The molecule has 0 aromatic carbocycles. The van der Waals surface area contributed by atoms with E-state index in [0.717, 1.165) is 11.8 Å². The minimum Gasteiger partial charge on any atom is -0.296 e. The lowest BCUT2D eigenvalue weighted by molar-refractivity contribution is 0.246. The first-order valence-corrected chi connectivity index (χ1v) is 9.17. The number of hydrogen-bond acceptors (Lipinski definition) is 1. The van der Waals surface area contributed by atoms with Crippen LogP contribution in [0.2, 0.25) is 0 Å². The Balaban J connectivity index is 2.79. The van der Waals surface area contributed by atoms with E-state index in [-0.39, 0.29) is 0 Å². The molecule has 1 aliphatic rings. The van der Waals surface area contributed by atoms with E-state index in [1.54, 1.807) is 5.57 Å². The molecule has 0 N–H and O–H groups in total. The van der Waals surface area contributed by atoms with Gasteiger partial charge in [-0.3, -0.25) is 4.90 Å². The zero-order valence-electron chi connectivity index (χ0n) is 15.1. The van der Waals surface area contributed by atoms with E-state index >= 15 is 0 Å². The lowest BCUT2D eigenvalue weighted by Gasteiger charge is -2.29. The first-order valence-electron chi connectivity index (χ1n) is 9.17. The molecular weight excluding hydrogens is 254 g/mol. The van der Waals surface area contributed by atoms with Crippen molar-refractivity contribution in [2.75, 3.05) is 13.1 Å². The average Bonchev–Trinajstić information content (AvgIpc) is 2.85. The zero-order chi connectivity index (χ0) is 15.7. The highest BCUT2D eigenvalue weighted by atomic mass is 15.2. The zero-order valence-corrected chi connectivity index (χ0v) is 15.1. The summed E-state index contributed by atoms with van der Waals surface area (Å²) in [6.07, 6.45) is 14.9. The van der Waals surface area contributed by atoms with Gasteiger partial charge in [0.1, 0.15) is 0 Å². The van der Waals surface area contributed by atoms with Gasteiger partial charge in [-0.15, -0.1) is 0 Å². The maximum atomic E-state index is 2.79. The summed E-state index contributed by atoms with van der Waals surface area (Å²) < 4.78 is 0. The summed E-state index contributed by atoms with van der Waals surface area (Å²) in [6.45, 7) is 14.0. The van der Waals surface area contributed by atoms with Crippen molar-refractivity contribution in [1.29, 1.82) is 0 Å². The van der Waals surface area contributed by atoms with Crippen molar-refractivity contribution in [1.82, 2.24) is 4.90 Å². The summed E-state index contributed by atoms with van der Waals surface area (Å²) in [6, 6.07) is 0.696. The molecule has 0 aromatic rings. The Hall–Kier alpha value is -0.560. The van der Waals surface area contributed by atoms with Gasteiger partial charge in [-0.2, -0.15) is 0 Å². The van der Waals surface area contributed by atoms with E-state index in [0.29, 0.717) is 6.04 Å². The van der Waals surface area contributed by atoms with Gasteiger partial charge in [-0.25, -0.2) is 0 Å². The van der Waals surface area contributed by atoms with Gasteiger partial charge < -0.3 is 0 Å². The molecule has 0 spiro atoms. The molecular formula is C20H37N. The quantitative estimate of drug-likeness (QED) is 0.382. The third-order valence-corrected chi connectivity index (χ3v) is 5.27. The van der Waals surface area contributed by atoms with Gasteiger partial charge in [-0.1, -0.05) is 56.9 Å². The van der Waals surface area contributed by atoms with Gasteiger partial charge in [0.15, 0.2) is 0 Å². The van der Waals surface area contributed by atoms with Crippen LogP contribution >= 0.6 is 0 Å². The van der Waals surface area contributed by atoms with E-state index in [9.17, 15) is 0 Å². The Morgan fingerprint density at radius 1 is 1.19 bits per heavy atom. The Kier molecular flexibility index (Phi) is 8.99. The van der Waals surface area contributed by atoms with Crippen LogP contribution in [0.1, 0.15) is 73.1 Å². The molecule has 1 rings (SSSR count). The minimum atomic E-state index is 0.696. The summed E-state index contributed by atoms with van der Waals surface area (Å²) in [5, 5.41) is 0. The van der Waals surface area contributed by atoms with Crippen LogP contribution in [0.25, 0.3) is 0 Å². The molecule has 122 valence electrons. The molecule has 1 aliphatic heterocycles. The first-order chi connectivity index (χ1) is 10.2. The first kappa shape index (κ1) is 18.5. The molecule has 0 aliphatic carbocycles. The van der Waals surface area contributed by atoms with Gasteiger partial charge in [0.25, 0.3) is 0 Å². The third-order valence-electron chi connectivity index (χ3n) is 5.27. The van der Waals surface area contributed by atoms with Crippen molar-refractivity contribution in [3.8, 4) is 0 Å². The van der Waals surface area contributed by atoms with Gasteiger partial charge in [-0.05, 0) is 58.4 Å². The van der Waals surface area contributed by atoms with Crippen molar-refractivity contribution in [2.45, 2.75) is 79.2 Å². The summed E-state index contributed by atoms with van der Waals surface area (Å²) >= 11 is 0. The van der Waals surface area contributed by atoms with Crippen LogP contribution in [0, 0.1) is 11.8 Å². The number of hydrogen-bond donors (Lipinski definition) is 0. The maximum absolute atomic E-state index is 2.79. The van der Waals surface area contributed by atoms with Crippen molar-refractivity contribution in [3.63, 3.8) is 0 Å². The molecule has 0 aromatic heterocycles. The average molecular weight is 292 g/mol. The van der Waals surface area contributed by atoms with Crippen LogP contribution in [0.4, 0.5) is 0 Å². The van der Waals surface area contributed by atoms with Crippen molar-refractivity contribution in [2.24, 2.45) is 11.8 Å². The Bertz CT molecular complexity index is 329. The minimum absolute atomic E-state index is 0.696. The van der Waals surface area contributed by atoms with Crippen LogP contribution in [0.5, 0.6) is 0 Å². The highest BCUT2D eigenvalue weighted by molar-refractivity contribution is 5.14. The van der Waals surface area contributed by atoms with Crippen LogP contribution in [0.3, 0.4) is 0 Å². The van der Waals surface area contributed by atoms with E-state index in [1.165, 1.54) is 51.6 Å². The molecule has 1 saturated heterocycles. The van der Waals surface area contributed by atoms with Crippen molar-refractivity contribution in [3.05, 3.63) is 23.8 Å². The van der Waals surface area contributed by atoms with E-state index in [2.05, 4.69) is 57.7 Å². The molecule has 3 unspecified atom stereocenters. The number of rotatable bonds is 9. The van der Waals surface area contributed by atoms with Gasteiger partial charge in [0.05, 0.1) is 0 Å². The smallest absolute Gasteiger partial charge is 0.0336 e. The molecule has 0 saturated carbocycles. The van der Waals surface area contributed by atoms with E-state index < -0.39 is 0 Å². The Labute approximate surface area is 133 Å². The predicted octanol–water partition coefficient (Wildman–Crippen LogP) is 5.83. The van der Waals surface area contributed by atoms with Crippen molar-refractivity contribution < 1.29 is 0 Å². The summed E-state index contributed by atoms with van der Waals surface area (Å²) in [5.41, 5.74) is 1.59. The second-order valence-corrected chi connectivity index (χ2v) is 6.66. The Morgan fingerprint density at radius 3 is 2.52 bits per heavy atom. The Morgan fingerprint density at radius 2 is 1.95 bits per heavy atom. The standard InChI is InChI=1S/C20H37N/c1-6-10-12-14-19-18(9-4)16-21(15-13-11-7-2)20(19)17(5)8-3/h6,8,10,18-20H,7,9,11-16H2,1-5H3/b10-6+,17-8-. The van der Waals surface area contributed by atoms with Crippen LogP contribution in [0.15, 0.2) is 23.8 Å².